The highest BCUT2D eigenvalue weighted by atomic mass is 16.5. The van der Waals surface area contributed by atoms with E-state index in [0.717, 1.165) is 11.4 Å². The molecule has 0 saturated carbocycles. The molecule has 0 bridgehead atoms. The van der Waals surface area contributed by atoms with E-state index in [1.165, 1.54) is 0 Å². The van der Waals surface area contributed by atoms with Crippen LogP contribution >= 0.6 is 0 Å². The van der Waals surface area contributed by atoms with Gasteiger partial charge in [-0.1, -0.05) is 0 Å². The van der Waals surface area contributed by atoms with Gasteiger partial charge in [0.1, 0.15) is 5.75 Å². The number of carbonyl (C=O) groups is 1. The first-order valence-corrected chi connectivity index (χ1v) is 5.87. The van der Waals surface area contributed by atoms with Gasteiger partial charge >= 0.3 is 0 Å². The number of fused-ring (bicyclic) bond motifs is 1. The summed E-state index contributed by atoms with van der Waals surface area (Å²) in [6.07, 6.45) is 4.99. The van der Waals surface area contributed by atoms with E-state index < -0.39 is 0 Å². The summed E-state index contributed by atoms with van der Waals surface area (Å²) < 4.78 is 5.29. The smallest absolute Gasteiger partial charge is 0.262 e. The van der Waals surface area contributed by atoms with Crippen molar-refractivity contribution in [3.05, 3.63) is 42.5 Å². The first-order chi connectivity index (χ1) is 9.31. The standard InChI is InChI=1S/C13H12N4O2/c18-13-8-19-12-2-1-9(5-11(12)17-13)16-7-10-6-14-3-4-15-10/h1-6,16H,7-8H2,(H,17,18). The highest BCUT2D eigenvalue weighted by Gasteiger charge is 2.15. The second kappa shape index (κ2) is 4.93. The maximum absolute atomic E-state index is 11.2. The van der Waals surface area contributed by atoms with Gasteiger partial charge in [-0.25, -0.2) is 0 Å². The summed E-state index contributed by atoms with van der Waals surface area (Å²) in [5, 5.41) is 5.98. The van der Waals surface area contributed by atoms with Crippen LogP contribution in [0.15, 0.2) is 36.8 Å². The van der Waals surface area contributed by atoms with Crippen LogP contribution in [0.2, 0.25) is 0 Å². The van der Waals surface area contributed by atoms with Crippen LogP contribution in [-0.2, 0) is 11.3 Å². The van der Waals surface area contributed by atoms with Gasteiger partial charge < -0.3 is 15.4 Å². The molecule has 1 aromatic carbocycles. The molecule has 2 N–H and O–H groups in total. The Morgan fingerprint density at radius 1 is 1.37 bits per heavy atom. The Morgan fingerprint density at radius 2 is 2.32 bits per heavy atom. The van der Waals surface area contributed by atoms with Crippen LogP contribution in [0.3, 0.4) is 0 Å². The molecule has 0 fully saturated rings. The second-order valence-corrected chi connectivity index (χ2v) is 4.10. The SMILES string of the molecule is O=C1COc2ccc(NCc3cnccn3)cc2N1. The predicted octanol–water partition coefficient (Wildman–Crippen LogP) is 1.42. The van der Waals surface area contributed by atoms with Crippen LogP contribution in [0.25, 0.3) is 0 Å². The molecule has 2 heterocycles. The Balaban J connectivity index is 1.72. The maximum atomic E-state index is 11.2. The minimum atomic E-state index is -0.140. The quantitative estimate of drug-likeness (QED) is 0.868. The summed E-state index contributed by atoms with van der Waals surface area (Å²) in [6.45, 7) is 0.640. The number of aromatic nitrogens is 2. The van der Waals surface area contributed by atoms with Gasteiger partial charge in [0.25, 0.3) is 5.91 Å². The third-order valence-corrected chi connectivity index (χ3v) is 2.70. The average molecular weight is 256 g/mol. The van der Waals surface area contributed by atoms with E-state index in [0.29, 0.717) is 18.0 Å². The third kappa shape index (κ3) is 2.62. The van der Waals surface area contributed by atoms with Gasteiger partial charge in [-0.3, -0.25) is 14.8 Å². The molecular weight excluding hydrogens is 244 g/mol. The van der Waals surface area contributed by atoms with E-state index in [1.54, 1.807) is 18.6 Å². The van der Waals surface area contributed by atoms with Gasteiger partial charge in [0, 0.05) is 18.1 Å². The van der Waals surface area contributed by atoms with Gasteiger partial charge in [-0.15, -0.1) is 0 Å². The van der Waals surface area contributed by atoms with Crippen LogP contribution in [0.4, 0.5) is 11.4 Å². The summed E-state index contributed by atoms with van der Waals surface area (Å²) in [6, 6.07) is 5.56. The number of ether oxygens (including phenoxy) is 1. The fraction of sp³-hybridized carbons (Fsp3) is 0.154. The first-order valence-electron chi connectivity index (χ1n) is 5.87. The summed E-state index contributed by atoms with van der Waals surface area (Å²) >= 11 is 0. The fourth-order valence-corrected chi connectivity index (χ4v) is 1.81. The molecular formula is C13H12N4O2. The lowest BCUT2D eigenvalue weighted by molar-refractivity contribution is -0.118. The van der Waals surface area contributed by atoms with Crippen molar-refractivity contribution in [3.63, 3.8) is 0 Å². The van der Waals surface area contributed by atoms with Crippen molar-refractivity contribution in [1.82, 2.24) is 9.97 Å². The molecule has 0 radical (unpaired) electrons. The zero-order chi connectivity index (χ0) is 13.1. The topological polar surface area (TPSA) is 76.1 Å². The summed E-state index contributed by atoms with van der Waals surface area (Å²) in [4.78, 5) is 19.4. The highest BCUT2D eigenvalue weighted by Crippen LogP contribution is 2.30. The van der Waals surface area contributed by atoms with Crippen LogP contribution < -0.4 is 15.4 Å². The fourth-order valence-electron chi connectivity index (χ4n) is 1.81. The number of benzene rings is 1. The Bertz CT molecular complexity index is 601. The Kier molecular flexibility index (Phi) is 2.97. The van der Waals surface area contributed by atoms with Crippen molar-refractivity contribution in [2.45, 2.75) is 6.54 Å². The molecule has 0 atom stereocenters. The predicted molar refractivity (Wildman–Crippen MR) is 69.9 cm³/mol. The summed E-state index contributed by atoms with van der Waals surface area (Å²) in [7, 11) is 0. The Labute approximate surface area is 109 Å². The number of rotatable bonds is 3. The van der Waals surface area contributed by atoms with E-state index in [1.807, 2.05) is 18.2 Å². The number of hydrogen-bond acceptors (Lipinski definition) is 5. The van der Waals surface area contributed by atoms with Gasteiger partial charge in [-0.05, 0) is 18.2 Å². The lowest BCUT2D eigenvalue weighted by atomic mass is 10.2. The van der Waals surface area contributed by atoms with Crippen molar-refractivity contribution in [1.29, 1.82) is 0 Å². The second-order valence-electron chi connectivity index (χ2n) is 4.10. The molecule has 1 aromatic heterocycles. The molecule has 2 aromatic rings. The minimum absolute atomic E-state index is 0.0688. The largest absolute Gasteiger partial charge is 0.482 e. The number of carbonyl (C=O) groups excluding carboxylic acids is 1. The van der Waals surface area contributed by atoms with Gasteiger partial charge in [-0.2, -0.15) is 0 Å². The maximum Gasteiger partial charge on any atom is 0.262 e. The van der Waals surface area contributed by atoms with Crippen LogP contribution in [0.5, 0.6) is 5.75 Å². The van der Waals surface area contributed by atoms with Crippen LogP contribution in [0.1, 0.15) is 5.69 Å². The minimum Gasteiger partial charge on any atom is -0.482 e. The molecule has 3 rings (SSSR count). The molecule has 0 aliphatic carbocycles. The first kappa shape index (κ1) is 11.5. The lowest BCUT2D eigenvalue weighted by Gasteiger charge is -2.18. The zero-order valence-electron chi connectivity index (χ0n) is 10.1. The van der Waals surface area contributed by atoms with Crippen molar-refractivity contribution >= 4 is 17.3 Å². The molecule has 1 amide bonds. The number of nitrogens with zero attached hydrogens (tertiary/aromatic N) is 2. The number of anilines is 2. The number of amides is 1. The molecule has 6 nitrogen and oxygen atoms in total. The molecule has 1 aliphatic rings. The van der Waals surface area contributed by atoms with Crippen LogP contribution in [0, 0.1) is 0 Å². The zero-order valence-corrected chi connectivity index (χ0v) is 10.1. The molecule has 19 heavy (non-hydrogen) atoms. The summed E-state index contributed by atoms with van der Waals surface area (Å²) in [5.74, 6) is 0.545. The average Bonchev–Trinajstić information content (AvgIpc) is 2.46. The van der Waals surface area contributed by atoms with Crippen LogP contribution in [-0.4, -0.2) is 22.5 Å². The molecule has 6 heteroatoms. The third-order valence-electron chi connectivity index (χ3n) is 2.70. The van der Waals surface area contributed by atoms with E-state index >= 15 is 0 Å². The van der Waals surface area contributed by atoms with Crippen molar-refractivity contribution < 1.29 is 9.53 Å². The molecule has 0 unspecified atom stereocenters. The molecule has 96 valence electrons. The van der Waals surface area contributed by atoms with Crippen molar-refractivity contribution in [2.24, 2.45) is 0 Å². The van der Waals surface area contributed by atoms with E-state index in [4.69, 9.17) is 4.74 Å². The van der Waals surface area contributed by atoms with Crippen molar-refractivity contribution in [2.75, 3.05) is 17.2 Å². The Morgan fingerprint density at radius 3 is 3.16 bits per heavy atom. The van der Waals surface area contributed by atoms with E-state index in [9.17, 15) is 4.79 Å². The Hall–Kier alpha value is -2.63. The normalized spacial score (nSPS) is 13.2. The number of hydrogen-bond donors (Lipinski definition) is 2. The highest BCUT2D eigenvalue weighted by molar-refractivity contribution is 5.95. The summed E-state index contributed by atoms with van der Waals surface area (Å²) in [5.41, 5.74) is 2.41. The van der Waals surface area contributed by atoms with Crippen molar-refractivity contribution in [3.8, 4) is 5.75 Å². The van der Waals surface area contributed by atoms with Gasteiger partial charge in [0.15, 0.2) is 6.61 Å². The van der Waals surface area contributed by atoms with Gasteiger partial charge in [0.2, 0.25) is 0 Å². The number of nitrogens with one attached hydrogen (secondary N) is 2. The molecule has 1 aliphatic heterocycles. The lowest BCUT2D eigenvalue weighted by Crippen LogP contribution is -2.25. The molecule has 0 spiro atoms. The molecule has 0 saturated heterocycles. The monoisotopic (exact) mass is 256 g/mol. The van der Waals surface area contributed by atoms with Gasteiger partial charge in [0.05, 0.1) is 24.1 Å². The van der Waals surface area contributed by atoms with E-state index in [-0.39, 0.29) is 12.5 Å². The van der Waals surface area contributed by atoms with E-state index in [2.05, 4.69) is 20.6 Å².